The van der Waals surface area contributed by atoms with E-state index in [0.717, 1.165) is 29.4 Å². The van der Waals surface area contributed by atoms with Gasteiger partial charge in [-0.15, -0.1) is 0 Å². The van der Waals surface area contributed by atoms with Crippen LogP contribution in [-0.2, 0) is 29.3 Å². The lowest BCUT2D eigenvalue weighted by Crippen LogP contribution is -2.57. The maximum atomic E-state index is 14.2. The number of nitrogens with zero attached hydrogens (tertiary/aromatic N) is 1. The van der Waals surface area contributed by atoms with Gasteiger partial charge in [0, 0.05) is 28.4 Å². The van der Waals surface area contributed by atoms with E-state index in [4.69, 9.17) is 9.47 Å². The Labute approximate surface area is 200 Å². The number of hydrogen-bond donors (Lipinski definition) is 1. The lowest BCUT2D eigenvalue weighted by Gasteiger charge is -2.40. The molecule has 2 aromatic rings. The third-order valence-electron chi connectivity index (χ3n) is 7.32. The summed E-state index contributed by atoms with van der Waals surface area (Å²) in [6.07, 6.45) is 1.12. The largest absolute Gasteiger partial charge is 0.459 e. The number of carbonyl (C=O) groups is 3. The summed E-state index contributed by atoms with van der Waals surface area (Å²) in [7, 11) is 0. The Morgan fingerprint density at radius 2 is 1.56 bits per heavy atom. The zero-order valence-electron chi connectivity index (χ0n) is 20.9. The molecule has 2 aliphatic heterocycles. The molecular formula is C27H34N2O5. The first-order valence-corrected chi connectivity index (χ1v) is 12.2. The fourth-order valence-corrected chi connectivity index (χ4v) is 6.16. The van der Waals surface area contributed by atoms with Gasteiger partial charge in [-0.2, -0.15) is 0 Å². The third kappa shape index (κ3) is 3.31. The summed E-state index contributed by atoms with van der Waals surface area (Å²) in [5, 5.41) is 0.936. The molecule has 1 aromatic carbocycles. The summed E-state index contributed by atoms with van der Waals surface area (Å²) < 4.78 is 11.8. The quantitative estimate of drug-likeness (QED) is 0.531. The second-order valence-corrected chi connectivity index (χ2v) is 11.9. The Hall–Kier alpha value is -2.67. The molecule has 4 bridgehead atoms. The lowest BCUT2D eigenvalue weighted by atomic mass is 9.67. The van der Waals surface area contributed by atoms with E-state index in [2.05, 4.69) is 9.88 Å². The standard InChI is InChI=1S/C27H34N2O5/c1-25(2,3)33-23(31)27(24(32)34-26(4,5)6)17-12-14-29-13-11-16(21(17)30)20(29)19-15-9-7-8-10-18(15)28-22(19)27/h7-10,16-17,20,28H,11-14H2,1-6H3/t16-,17+,20-/m0/s1. The highest BCUT2D eigenvalue weighted by Crippen LogP contribution is 2.56. The van der Waals surface area contributed by atoms with Gasteiger partial charge in [-0.25, -0.2) is 0 Å². The Kier molecular flexibility index (Phi) is 5.03. The molecule has 0 saturated carbocycles. The van der Waals surface area contributed by atoms with Crippen molar-refractivity contribution in [1.82, 2.24) is 9.88 Å². The topological polar surface area (TPSA) is 88.7 Å². The predicted molar refractivity (Wildman–Crippen MR) is 127 cm³/mol. The van der Waals surface area contributed by atoms with Crippen LogP contribution in [-0.4, -0.2) is 51.9 Å². The van der Waals surface area contributed by atoms with E-state index in [9.17, 15) is 14.4 Å². The van der Waals surface area contributed by atoms with Gasteiger partial charge in [0.1, 0.15) is 17.0 Å². The molecule has 2 saturated heterocycles. The molecule has 5 rings (SSSR count). The average molecular weight is 467 g/mol. The molecule has 0 amide bonds. The zero-order chi connectivity index (χ0) is 24.6. The lowest BCUT2D eigenvalue weighted by molar-refractivity contribution is -0.183. The van der Waals surface area contributed by atoms with Crippen LogP contribution in [0.4, 0.5) is 0 Å². The normalized spacial score (nSPS) is 27.8. The van der Waals surface area contributed by atoms with E-state index in [1.165, 1.54) is 0 Å². The van der Waals surface area contributed by atoms with Crippen LogP contribution in [0.1, 0.15) is 71.7 Å². The van der Waals surface area contributed by atoms with Crippen LogP contribution in [0.25, 0.3) is 10.9 Å². The van der Waals surface area contributed by atoms with Crippen LogP contribution >= 0.6 is 0 Å². The first-order chi connectivity index (χ1) is 15.8. The van der Waals surface area contributed by atoms with Crippen molar-refractivity contribution < 1.29 is 23.9 Å². The molecule has 7 heteroatoms. The van der Waals surface area contributed by atoms with Gasteiger partial charge in [-0.05, 0) is 73.5 Å². The van der Waals surface area contributed by atoms with E-state index >= 15 is 0 Å². The number of esters is 2. The van der Waals surface area contributed by atoms with Crippen molar-refractivity contribution in [3.05, 3.63) is 35.5 Å². The average Bonchev–Trinajstić information content (AvgIpc) is 3.21. The number of rotatable bonds is 2. The van der Waals surface area contributed by atoms with Crippen molar-refractivity contribution in [3.63, 3.8) is 0 Å². The molecule has 3 heterocycles. The second-order valence-electron chi connectivity index (χ2n) is 11.9. The molecule has 0 spiro atoms. The summed E-state index contributed by atoms with van der Waals surface area (Å²) in [5.41, 5.74) is -1.40. The number of H-pyrrole nitrogens is 1. The summed E-state index contributed by atoms with van der Waals surface area (Å²) in [4.78, 5) is 48.2. The van der Waals surface area contributed by atoms with Crippen molar-refractivity contribution >= 4 is 28.6 Å². The highest BCUT2D eigenvalue weighted by molar-refractivity contribution is 6.13. The van der Waals surface area contributed by atoms with Crippen molar-refractivity contribution in [1.29, 1.82) is 0 Å². The maximum Gasteiger partial charge on any atom is 0.330 e. The highest BCUT2D eigenvalue weighted by atomic mass is 16.6. The number of aromatic nitrogens is 1. The minimum Gasteiger partial charge on any atom is -0.459 e. The molecule has 1 aliphatic carbocycles. The molecule has 182 valence electrons. The van der Waals surface area contributed by atoms with E-state index < -0.39 is 34.5 Å². The number of ketones is 1. The van der Waals surface area contributed by atoms with Crippen LogP contribution in [0.2, 0.25) is 0 Å². The highest BCUT2D eigenvalue weighted by Gasteiger charge is 2.67. The van der Waals surface area contributed by atoms with Gasteiger partial charge in [0.25, 0.3) is 0 Å². The summed E-state index contributed by atoms with van der Waals surface area (Å²) in [6.45, 7) is 12.1. The van der Waals surface area contributed by atoms with Gasteiger partial charge in [-0.3, -0.25) is 19.3 Å². The third-order valence-corrected chi connectivity index (χ3v) is 7.32. The van der Waals surface area contributed by atoms with Gasteiger partial charge < -0.3 is 14.5 Å². The number of carbonyl (C=O) groups excluding carboxylic acids is 3. The number of benzene rings is 1. The van der Waals surface area contributed by atoms with Crippen molar-refractivity contribution in [2.75, 3.05) is 13.1 Å². The number of fused-ring (bicyclic) bond motifs is 4. The van der Waals surface area contributed by atoms with Crippen LogP contribution in [0, 0.1) is 11.8 Å². The van der Waals surface area contributed by atoms with E-state index in [-0.39, 0.29) is 17.7 Å². The Morgan fingerprint density at radius 1 is 0.971 bits per heavy atom. The fourth-order valence-electron chi connectivity index (χ4n) is 6.16. The molecular weight excluding hydrogens is 432 g/mol. The second kappa shape index (κ2) is 7.41. The zero-order valence-corrected chi connectivity index (χ0v) is 20.9. The predicted octanol–water partition coefficient (Wildman–Crippen LogP) is 4.05. The molecule has 4 atom stereocenters. The molecule has 1 unspecified atom stereocenters. The summed E-state index contributed by atoms with van der Waals surface area (Å²) in [6, 6.07) is 7.65. The molecule has 7 nitrogen and oxygen atoms in total. The Bertz CT molecular complexity index is 1150. The van der Waals surface area contributed by atoms with E-state index in [1.807, 2.05) is 24.3 Å². The number of Topliss-reactive ketones (excluding diaryl/α,β-unsaturated/α-hetero) is 1. The number of ether oxygens (including phenoxy) is 2. The molecule has 1 aromatic heterocycles. The minimum atomic E-state index is -1.89. The van der Waals surface area contributed by atoms with Crippen LogP contribution in [0.3, 0.4) is 0 Å². The summed E-state index contributed by atoms with van der Waals surface area (Å²) >= 11 is 0. The Morgan fingerprint density at radius 3 is 2.18 bits per heavy atom. The molecule has 34 heavy (non-hydrogen) atoms. The number of para-hydroxylation sites is 1. The summed E-state index contributed by atoms with van der Waals surface area (Å²) in [5.74, 6) is -2.58. The smallest absolute Gasteiger partial charge is 0.330 e. The van der Waals surface area contributed by atoms with E-state index in [0.29, 0.717) is 18.7 Å². The number of aromatic amines is 1. The van der Waals surface area contributed by atoms with Crippen LogP contribution in [0.15, 0.2) is 24.3 Å². The van der Waals surface area contributed by atoms with Crippen molar-refractivity contribution in [2.45, 2.75) is 77.0 Å². The van der Waals surface area contributed by atoms with Crippen molar-refractivity contribution in [3.8, 4) is 0 Å². The first kappa shape index (κ1) is 23.1. The number of hydrogen-bond acceptors (Lipinski definition) is 6. The van der Waals surface area contributed by atoms with Crippen molar-refractivity contribution in [2.24, 2.45) is 11.8 Å². The number of nitrogens with one attached hydrogen (secondary N) is 1. The minimum absolute atomic E-state index is 0.0320. The van der Waals surface area contributed by atoms with Gasteiger partial charge in [0.15, 0.2) is 0 Å². The maximum absolute atomic E-state index is 14.2. The van der Waals surface area contributed by atoms with E-state index in [1.54, 1.807) is 41.5 Å². The monoisotopic (exact) mass is 466 g/mol. The van der Waals surface area contributed by atoms with Gasteiger partial charge >= 0.3 is 11.9 Å². The molecule has 2 fully saturated rings. The Balaban J connectivity index is 1.87. The van der Waals surface area contributed by atoms with Gasteiger partial charge in [-0.1, -0.05) is 18.2 Å². The fraction of sp³-hybridized carbons (Fsp3) is 0.593. The first-order valence-electron chi connectivity index (χ1n) is 12.2. The van der Waals surface area contributed by atoms with Gasteiger partial charge in [0.2, 0.25) is 5.41 Å². The SMILES string of the molecule is CC(C)(C)OC(=O)C1(C(=O)OC(C)(C)C)c2[nH]c3ccccc3c2[C@@H]2[C@@H]3CCN2CC[C@@H]1C3=O. The van der Waals surface area contributed by atoms with Crippen LogP contribution in [0.5, 0.6) is 0 Å². The van der Waals surface area contributed by atoms with Crippen LogP contribution < -0.4 is 0 Å². The van der Waals surface area contributed by atoms with Gasteiger partial charge in [0.05, 0.1) is 11.6 Å². The molecule has 0 radical (unpaired) electrons. The molecule has 3 aliphatic rings. The molecule has 1 N–H and O–H groups in total.